The Balaban J connectivity index is 3.01. The van der Waals surface area contributed by atoms with Crippen LogP contribution in [0.3, 0.4) is 0 Å². The number of benzene rings is 1. The van der Waals surface area contributed by atoms with Crippen LogP contribution in [-0.2, 0) is 16.1 Å². The summed E-state index contributed by atoms with van der Waals surface area (Å²) in [6.07, 6.45) is -4.96. The predicted octanol–water partition coefficient (Wildman–Crippen LogP) is 4.30. The van der Waals surface area contributed by atoms with Crippen molar-refractivity contribution in [3.05, 3.63) is 57.4 Å². The fourth-order valence-corrected chi connectivity index (χ4v) is 1.84. The third-order valence-electron chi connectivity index (χ3n) is 2.90. The Morgan fingerprint density at radius 1 is 1.36 bits per heavy atom. The fraction of sp³-hybridized carbons (Fsp3) is 0.200. The quantitative estimate of drug-likeness (QED) is 0.246. The van der Waals surface area contributed by atoms with Crippen LogP contribution in [0, 0.1) is 0 Å². The SMILES string of the molecule is C=C(OCc1ccc(Cl)c(Cl)c1)/C(C)=C(\N=C(/N)C(F)(F)F)C(=O)O. The number of carbonyl (C=O) groups is 1. The molecule has 5 nitrogen and oxygen atoms in total. The molecule has 0 saturated carbocycles. The van der Waals surface area contributed by atoms with Crippen LogP contribution in [0.1, 0.15) is 12.5 Å². The lowest BCUT2D eigenvalue weighted by molar-refractivity contribution is -0.132. The summed E-state index contributed by atoms with van der Waals surface area (Å²) in [6, 6.07) is 4.66. The van der Waals surface area contributed by atoms with Crippen molar-refractivity contribution in [3.63, 3.8) is 0 Å². The normalized spacial score (nSPS) is 13.3. The molecular formula is C15H13Cl2F3N2O3. The van der Waals surface area contributed by atoms with Crippen LogP contribution in [0.4, 0.5) is 13.2 Å². The van der Waals surface area contributed by atoms with Crippen molar-refractivity contribution >= 4 is 35.0 Å². The van der Waals surface area contributed by atoms with Gasteiger partial charge in [0, 0.05) is 5.57 Å². The second kappa shape index (κ2) is 8.26. The molecule has 0 aliphatic heterocycles. The molecule has 0 amide bonds. The molecule has 1 aromatic carbocycles. The number of hydrogen-bond acceptors (Lipinski definition) is 3. The number of aliphatic imine (C=N–C) groups is 1. The first kappa shape index (κ1) is 20.9. The first-order valence-corrected chi connectivity index (χ1v) is 7.30. The third-order valence-corrected chi connectivity index (χ3v) is 3.63. The minimum Gasteiger partial charge on any atom is -0.489 e. The van der Waals surface area contributed by atoms with Crippen molar-refractivity contribution in [2.45, 2.75) is 19.7 Å². The number of rotatable bonds is 6. The molecule has 3 N–H and O–H groups in total. The predicted molar refractivity (Wildman–Crippen MR) is 88.4 cm³/mol. The Hall–Kier alpha value is -2.19. The number of aliphatic carboxylic acids is 1. The summed E-state index contributed by atoms with van der Waals surface area (Å²) in [7, 11) is 0. The van der Waals surface area contributed by atoms with E-state index >= 15 is 0 Å². The van der Waals surface area contributed by atoms with E-state index in [0.29, 0.717) is 10.6 Å². The Morgan fingerprint density at radius 2 is 1.96 bits per heavy atom. The van der Waals surface area contributed by atoms with E-state index in [1.165, 1.54) is 19.1 Å². The lowest BCUT2D eigenvalue weighted by Crippen LogP contribution is -2.32. The Labute approximate surface area is 151 Å². The van der Waals surface area contributed by atoms with Crippen molar-refractivity contribution in [2.24, 2.45) is 10.7 Å². The zero-order valence-corrected chi connectivity index (χ0v) is 14.3. The number of ether oxygens (including phenoxy) is 1. The van der Waals surface area contributed by atoms with Crippen molar-refractivity contribution in [1.82, 2.24) is 0 Å². The first-order chi connectivity index (χ1) is 11.4. The number of nitrogens with zero attached hydrogens (tertiary/aromatic N) is 1. The van der Waals surface area contributed by atoms with E-state index in [0.717, 1.165) is 0 Å². The summed E-state index contributed by atoms with van der Waals surface area (Å²) >= 11 is 11.6. The number of amidine groups is 1. The lowest BCUT2D eigenvalue weighted by Gasteiger charge is -2.12. The van der Waals surface area contributed by atoms with Crippen LogP contribution < -0.4 is 5.73 Å². The maximum absolute atomic E-state index is 12.4. The molecule has 0 aliphatic carbocycles. The van der Waals surface area contributed by atoms with Gasteiger partial charge in [-0.2, -0.15) is 13.2 Å². The van der Waals surface area contributed by atoms with E-state index in [-0.39, 0.29) is 23.0 Å². The van der Waals surface area contributed by atoms with Gasteiger partial charge in [-0.25, -0.2) is 9.79 Å². The molecule has 0 fully saturated rings. The maximum atomic E-state index is 12.4. The van der Waals surface area contributed by atoms with Crippen LogP contribution >= 0.6 is 23.2 Å². The molecule has 0 heterocycles. The number of nitrogens with two attached hydrogens (primary N) is 1. The molecule has 0 saturated heterocycles. The second-order valence-corrected chi connectivity index (χ2v) is 5.55. The van der Waals surface area contributed by atoms with E-state index in [9.17, 15) is 18.0 Å². The average molecular weight is 397 g/mol. The number of carboxylic acid groups (broad SMARTS) is 1. The molecule has 10 heteroatoms. The molecule has 0 bridgehead atoms. The number of halogens is 5. The molecule has 1 rings (SSSR count). The van der Waals surface area contributed by atoms with Gasteiger partial charge in [0.25, 0.3) is 0 Å². The van der Waals surface area contributed by atoms with Gasteiger partial charge in [-0.3, -0.25) is 0 Å². The van der Waals surface area contributed by atoms with E-state index in [1.807, 2.05) is 0 Å². The van der Waals surface area contributed by atoms with Crippen molar-refractivity contribution in [3.8, 4) is 0 Å². The van der Waals surface area contributed by atoms with Gasteiger partial charge in [0.2, 0.25) is 5.84 Å². The van der Waals surface area contributed by atoms with Gasteiger partial charge in [-0.1, -0.05) is 35.8 Å². The Morgan fingerprint density at radius 3 is 2.44 bits per heavy atom. The number of hydrogen-bond donors (Lipinski definition) is 2. The van der Waals surface area contributed by atoms with Gasteiger partial charge in [-0.15, -0.1) is 0 Å². The molecule has 0 aliphatic rings. The minimum atomic E-state index is -4.96. The second-order valence-electron chi connectivity index (χ2n) is 4.73. The number of carboxylic acids is 1. The minimum absolute atomic E-state index is 0.0571. The van der Waals surface area contributed by atoms with Crippen LogP contribution in [-0.4, -0.2) is 23.1 Å². The molecule has 0 aromatic heterocycles. The van der Waals surface area contributed by atoms with E-state index in [1.54, 1.807) is 6.07 Å². The van der Waals surface area contributed by atoms with E-state index in [4.69, 9.17) is 38.8 Å². The smallest absolute Gasteiger partial charge is 0.448 e. The largest absolute Gasteiger partial charge is 0.489 e. The summed E-state index contributed by atoms with van der Waals surface area (Å²) < 4.78 is 42.6. The average Bonchev–Trinajstić information content (AvgIpc) is 2.51. The highest BCUT2D eigenvalue weighted by molar-refractivity contribution is 6.42. The van der Waals surface area contributed by atoms with Gasteiger partial charge in [0.1, 0.15) is 12.4 Å². The van der Waals surface area contributed by atoms with Crippen molar-refractivity contribution in [2.75, 3.05) is 0 Å². The molecule has 0 atom stereocenters. The summed E-state index contributed by atoms with van der Waals surface area (Å²) in [6.45, 7) is 4.63. The summed E-state index contributed by atoms with van der Waals surface area (Å²) in [4.78, 5) is 14.1. The Kier molecular flexibility index (Phi) is 6.89. The van der Waals surface area contributed by atoms with Crippen molar-refractivity contribution in [1.29, 1.82) is 0 Å². The van der Waals surface area contributed by atoms with Crippen LogP contribution in [0.5, 0.6) is 0 Å². The van der Waals surface area contributed by atoms with Crippen LogP contribution in [0.2, 0.25) is 10.0 Å². The fourth-order valence-electron chi connectivity index (χ4n) is 1.52. The van der Waals surface area contributed by atoms with E-state index < -0.39 is 23.7 Å². The monoisotopic (exact) mass is 396 g/mol. The topological polar surface area (TPSA) is 84.9 Å². The molecule has 0 radical (unpaired) electrons. The van der Waals surface area contributed by atoms with Gasteiger partial charge in [0.05, 0.1) is 10.0 Å². The molecule has 25 heavy (non-hydrogen) atoms. The maximum Gasteiger partial charge on any atom is 0.448 e. The highest BCUT2D eigenvalue weighted by atomic mass is 35.5. The highest BCUT2D eigenvalue weighted by Gasteiger charge is 2.34. The lowest BCUT2D eigenvalue weighted by atomic mass is 10.2. The molecule has 136 valence electrons. The molecule has 1 aromatic rings. The molecular weight excluding hydrogens is 384 g/mol. The van der Waals surface area contributed by atoms with Gasteiger partial charge >= 0.3 is 12.1 Å². The molecule has 0 unspecified atom stereocenters. The molecule has 0 spiro atoms. The van der Waals surface area contributed by atoms with E-state index in [2.05, 4.69) is 11.6 Å². The van der Waals surface area contributed by atoms with Crippen molar-refractivity contribution < 1.29 is 27.8 Å². The highest BCUT2D eigenvalue weighted by Crippen LogP contribution is 2.24. The summed E-state index contributed by atoms with van der Waals surface area (Å²) in [5.74, 6) is -3.67. The summed E-state index contributed by atoms with van der Waals surface area (Å²) in [5.41, 5.74) is 4.22. The summed E-state index contributed by atoms with van der Waals surface area (Å²) in [5, 5.41) is 9.67. The van der Waals surface area contributed by atoms with Gasteiger partial charge in [0.15, 0.2) is 5.70 Å². The van der Waals surface area contributed by atoms with Gasteiger partial charge in [-0.05, 0) is 24.6 Å². The standard InChI is InChI=1S/C15H13Cl2F3N2O3/c1-7(12(13(23)24)22-14(21)15(18,19)20)8(2)25-6-9-3-4-10(16)11(17)5-9/h3-5H,2,6H2,1H3,(H2,21,22)(H,23,24)/b12-7-. The first-order valence-electron chi connectivity index (χ1n) is 6.55. The number of alkyl halides is 3. The van der Waals surface area contributed by atoms with Crippen LogP contribution in [0.25, 0.3) is 0 Å². The zero-order valence-electron chi connectivity index (χ0n) is 12.8. The Bertz CT molecular complexity index is 759. The van der Waals surface area contributed by atoms with Crippen LogP contribution in [0.15, 0.2) is 46.8 Å². The third kappa shape index (κ3) is 5.99. The van der Waals surface area contributed by atoms with Gasteiger partial charge < -0.3 is 15.6 Å². The number of allylic oxidation sites excluding steroid dienone is 1. The zero-order chi connectivity index (χ0) is 19.4.